The van der Waals surface area contributed by atoms with Crippen molar-refractivity contribution in [3.05, 3.63) is 17.5 Å². The zero-order chi connectivity index (χ0) is 10.7. The van der Waals surface area contributed by atoms with Crippen LogP contribution in [0.3, 0.4) is 0 Å². The van der Waals surface area contributed by atoms with Gasteiger partial charge in [-0.2, -0.15) is 0 Å². The molecule has 3 nitrogen and oxygen atoms in total. The molecule has 1 aromatic rings. The van der Waals surface area contributed by atoms with Gasteiger partial charge in [0, 0.05) is 17.6 Å². The number of nitrogens with zero attached hydrogens (tertiary/aromatic N) is 1. The molecule has 0 aliphatic heterocycles. The summed E-state index contributed by atoms with van der Waals surface area (Å²) in [5.41, 5.74) is 1.50. The molecule has 0 aliphatic carbocycles. The average molecular weight is 234 g/mol. The second-order valence-corrected chi connectivity index (χ2v) is 3.89. The number of rotatable bonds is 3. The average Bonchev–Trinajstić information content (AvgIpc) is 2.44. The van der Waals surface area contributed by atoms with E-state index in [-0.39, 0.29) is 5.97 Å². The summed E-state index contributed by atoms with van der Waals surface area (Å²) in [6.45, 7) is 4.07. The lowest BCUT2D eigenvalue weighted by Crippen LogP contribution is -2.10. The number of hydrogen-bond acceptors (Lipinski definition) is 3. The van der Waals surface area contributed by atoms with Gasteiger partial charge in [0.05, 0.1) is 6.61 Å². The summed E-state index contributed by atoms with van der Waals surface area (Å²) in [6, 6.07) is 1.74. The third-order valence-electron chi connectivity index (χ3n) is 2.06. The highest BCUT2D eigenvalue weighted by Gasteiger charge is 2.15. The van der Waals surface area contributed by atoms with Gasteiger partial charge in [0.1, 0.15) is 5.69 Å². The van der Waals surface area contributed by atoms with Gasteiger partial charge in [-0.1, -0.05) is 0 Å². The van der Waals surface area contributed by atoms with E-state index in [9.17, 15) is 4.79 Å². The molecule has 0 unspecified atom stereocenters. The smallest absolute Gasteiger partial charge is 0.354 e. The van der Waals surface area contributed by atoms with Crippen LogP contribution in [0.25, 0.3) is 0 Å². The Bertz CT molecular complexity index is 349. The van der Waals surface area contributed by atoms with E-state index < -0.39 is 0 Å². The number of esters is 1. The fourth-order valence-electron chi connectivity index (χ4n) is 1.15. The number of halogens is 1. The molecule has 0 N–H and O–H groups in total. The molecule has 1 aromatic heterocycles. The minimum atomic E-state index is -0.310. The monoisotopic (exact) mass is 233 g/mol. The van der Waals surface area contributed by atoms with Crippen molar-refractivity contribution in [1.82, 2.24) is 4.57 Å². The first-order valence-electron chi connectivity index (χ1n) is 4.23. The van der Waals surface area contributed by atoms with E-state index in [4.69, 9.17) is 15.4 Å². The maximum Gasteiger partial charge on any atom is 0.354 e. The molecule has 0 aromatic carbocycles. The Morgan fingerprint density at radius 3 is 2.79 bits per heavy atom. The van der Waals surface area contributed by atoms with Crippen molar-refractivity contribution < 1.29 is 9.53 Å². The lowest BCUT2D eigenvalue weighted by atomic mass is 10.4. The van der Waals surface area contributed by atoms with Crippen molar-refractivity contribution in [3.63, 3.8) is 0 Å². The van der Waals surface area contributed by atoms with Crippen molar-refractivity contribution in [1.29, 1.82) is 0 Å². The van der Waals surface area contributed by atoms with E-state index in [0.717, 1.165) is 21.6 Å². The zero-order valence-electron chi connectivity index (χ0n) is 8.33. The van der Waals surface area contributed by atoms with Crippen molar-refractivity contribution >= 4 is 27.6 Å². The first kappa shape index (κ1) is 11.5. The Hall–Kier alpha value is -0.610. The second kappa shape index (κ2) is 4.75. The Kier molecular flexibility index (Phi) is 3.89. The van der Waals surface area contributed by atoms with Crippen molar-refractivity contribution in [2.75, 3.05) is 6.61 Å². The summed E-state index contributed by atoms with van der Waals surface area (Å²) in [7, 11) is 8.58. The van der Waals surface area contributed by atoms with Crippen LogP contribution in [0, 0.1) is 6.92 Å². The first-order chi connectivity index (χ1) is 6.61. The number of carbonyl (C=O) groups excluding carboxylic acids is 1. The predicted octanol–water partition coefficient (Wildman–Crippen LogP) is 2.76. The summed E-state index contributed by atoms with van der Waals surface area (Å²) in [5.74, 6) is -0.310. The Morgan fingerprint density at radius 1 is 1.71 bits per heavy atom. The Balaban J connectivity index is 3.04. The summed E-state index contributed by atoms with van der Waals surface area (Å²) in [5, 5.41) is 0. The number of carbonyl (C=O) groups is 1. The van der Waals surface area contributed by atoms with Gasteiger partial charge >= 0.3 is 5.97 Å². The minimum Gasteiger partial charge on any atom is -0.461 e. The lowest BCUT2D eigenvalue weighted by Gasteiger charge is -2.03. The fraction of sp³-hybridized carbons (Fsp3) is 0.444. The SMILES string of the molecule is CCOC(=O)c1cc(SCl)c(C)n1C. The van der Waals surface area contributed by atoms with Crippen LogP contribution in [0.1, 0.15) is 23.1 Å². The highest BCUT2D eigenvalue weighted by molar-refractivity contribution is 8.21. The van der Waals surface area contributed by atoms with Gasteiger partial charge in [0.2, 0.25) is 0 Å². The summed E-state index contributed by atoms with van der Waals surface area (Å²) < 4.78 is 6.69. The molecular formula is C9H12ClNO2S. The molecule has 1 heterocycles. The molecule has 0 saturated heterocycles. The summed E-state index contributed by atoms with van der Waals surface area (Å²) in [6.07, 6.45) is 0. The van der Waals surface area contributed by atoms with Crippen LogP contribution >= 0.6 is 21.7 Å². The van der Waals surface area contributed by atoms with E-state index in [1.165, 1.54) is 0 Å². The normalized spacial score (nSPS) is 10.3. The molecular weight excluding hydrogens is 222 g/mol. The van der Waals surface area contributed by atoms with Crippen LogP contribution in [0.4, 0.5) is 0 Å². The van der Waals surface area contributed by atoms with Crippen molar-refractivity contribution in [2.24, 2.45) is 7.05 Å². The number of aromatic nitrogens is 1. The fourth-order valence-corrected chi connectivity index (χ4v) is 2.02. The highest BCUT2D eigenvalue weighted by atomic mass is 35.7. The van der Waals surface area contributed by atoms with Crippen molar-refractivity contribution in [3.8, 4) is 0 Å². The molecule has 1 rings (SSSR count). The summed E-state index contributed by atoms with van der Waals surface area (Å²) >= 11 is 0. The van der Waals surface area contributed by atoms with Gasteiger partial charge in [-0.25, -0.2) is 4.79 Å². The molecule has 0 radical (unpaired) electrons. The van der Waals surface area contributed by atoms with Crippen LogP contribution < -0.4 is 0 Å². The number of ether oxygens (including phenoxy) is 1. The first-order valence-corrected chi connectivity index (χ1v) is 5.88. The number of hydrogen-bond donors (Lipinski definition) is 0. The molecule has 0 atom stereocenters. The largest absolute Gasteiger partial charge is 0.461 e. The van der Waals surface area contributed by atoms with Crippen LogP contribution in [0.15, 0.2) is 11.0 Å². The molecule has 0 saturated carbocycles. The lowest BCUT2D eigenvalue weighted by molar-refractivity contribution is 0.0515. The van der Waals surface area contributed by atoms with E-state index in [2.05, 4.69) is 0 Å². The molecule has 0 aliphatic rings. The molecule has 0 spiro atoms. The molecule has 5 heteroatoms. The van der Waals surface area contributed by atoms with Gasteiger partial charge in [-0.15, -0.1) is 0 Å². The topological polar surface area (TPSA) is 31.2 Å². The zero-order valence-corrected chi connectivity index (χ0v) is 9.91. The maximum atomic E-state index is 11.5. The van der Waals surface area contributed by atoms with Gasteiger partial charge < -0.3 is 9.30 Å². The van der Waals surface area contributed by atoms with Crippen LogP contribution in [0.2, 0.25) is 0 Å². The van der Waals surface area contributed by atoms with Gasteiger partial charge in [0.15, 0.2) is 0 Å². The Morgan fingerprint density at radius 2 is 2.36 bits per heavy atom. The van der Waals surface area contributed by atoms with Crippen molar-refractivity contribution in [2.45, 2.75) is 18.7 Å². The van der Waals surface area contributed by atoms with Gasteiger partial charge in [-0.3, -0.25) is 0 Å². The van der Waals surface area contributed by atoms with Crippen LogP contribution in [0.5, 0.6) is 0 Å². The van der Waals surface area contributed by atoms with Crippen LogP contribution in [-0.4, -0.2) is 17.1 Å². The highest BCUT2D eigenvalue weighted by Crippen LogP contribution is 2.28. The molecule has 0 bridgehead atoms. The molecule has 0 amide bonds. The maximum absolute atomic E-state index is 11.5. The molecule has 0 fully saturated rings. The van der Waals surface area contributed by atoms with Gasteiger partial charge in [-0.05, 0) is 41.6 Å². The van der Waals surface area contributed by atoms with E-state index in [1.54, 1.807) is 17.6 Å². The van der Waals surface area contributed by atoms with Gasteiger partial charge in [0.25, 0.3) is 0 Å². The predicted molar refractivity (Wildman–Crippen MR) is 57.8 cm³/mol. The van der Waals surface area contributed by atoms with E-state index >= 15 is 0 Å². The Labute approximate surface area is 91.9 Å². The molecule has 78 valence electrons. The second-order valence-electron chi connectivity index (χ2n) is 2.84. The standard InChI is InChI=1S/C9H12ClNO2S/c1-4-13-9(12)7-5-8(14-10)6(2)11(7)3/h5H,4H2,1-3H3. The quantitative estimate of drug-likeness (QED) is 0.753. The third kappa shape index (κ3) is 2.07. The van der Waals surface area contributed by atoms with Crippen LogP contribution in [-0.2, 0) is 11.8 Å². The van der Waals surface area contributed by atoms with E-state index in [1.807, 2.05) is 14.0 Å². The minimum absolute atomic E-state index is 0.310. The third-order valence-corrected chi connectivity index (χ3v) is 3.13. The summed E-state index contributed by atoms with van der Waals surface area (Å²) in [4.78, 5) is 12.3. The molecule has 14 heavy (non-hydrogen) atoms. The van der Waals surface area contributed by atoms with E-state index in [0.29, 0.717) is 12.3 Å².